The van der Waals surface area contributed by atoms with Crippen molar-refractivity contribution >= 4 is 11.9 Å². The van der Waals surface area contributed by atoms with Crippen LogP contribution in [0.4, 0.5) is 0 Å². The SMILES string of the molecule is CC/C=C\C/C=C\C/C=C\C/C=C\C/C=C\C/C=C\C/C=C\C/C=C\C/C=C\CCCCCC(=O)OC(CO)COC(=O)CCCCCCCCC/C=C\C/C=C\C/C=C\CC. The summed E-state index contributed by atoms with van der Waals surface area (Å²) in [6, 6.07) is 0. The van der Waals surface area contributed by atoms with Crippen molar-refractivity contribution in [1.82, 2.24) is 0 Å². The largest absolute Gasteiger partial charge is 0.462 e. The monoisotopic (exact) mass is 853 g/mol. The molecule has 0 aliphatic carbocycles. The number of unbranched alkanes of at least 4 members (excludes halogenated alkanes) is 10. The topological polar surface area (TPSA) is 72.8 Å². The van der Waals surface area contributed by atoms with Crippen LogP contribution in [0, 0.1) is 0 Å². The normalized spacial score (nSPS) is 13.5. The van der Waals surface area contributed by atoms with E-state index >= 15 is 0 Å². The van der Waals surface area contributed by atoms with E-state index in [1.165, 1.54) is 25.7 Å². The lowest BCUT2D eigenvalue weighted by atomic mass is 10.1. The third-order valence-electron chi connectivity index (χ3n) is 9.63. The Kier molecular flexibility index (Phi) is 47.7. The van der Waals surface area contributed by atoms with Crippen LogP contribution in [0.2, 0.25) is 0 Å². The number of esters is 2. The molecule has 0 amide bonds. The van der Waals surface area contributed by atoms with Crippen LogP contribution in [0.3, 0.4) is 0 Å². The van der Waals surface area contributed by atoms with Gasteiger partial charge in [-0.25, -0.2) is 0 Å². The molecule has 0 heterocycles. The molecule has 5 heteroatoms. The van der Waals surface area contributed by atoms with E-state index in [2.05, 4.69) is 160 Å². The van der Waals surface area contributed by atoms with Gasteiger partial charge in [-0.3, -0.25) is 9.59 Å². The molecule has 1 atom stereocenters. The second-order valence-corrected chi connectivity index (χ2v) is 15.4. The second kappa shape index (κ2) is 51.1. The molecular weight excluding hydrogens is 765 g/mol. The summed E-state index contributed by atoms with van der Waals surface area (Å²) < 4.78 is 10.6. The average molecular weight is 853 g/mol. The van der Waals surface area contributed by atoms with Gasteiger partial charge < -0.3 is 14.6 Å². The minimum absolute atomic E-state index is 0.0953. The summed E-state index contributed by atoms with van der Waals surface area (Å²) in [4.78, 5) is 24.4. The number of hydrogen-bond acceptors (Lipinski definition) is 5. The van der Waals surface area contributed by atoms with Gasteiger partial charge in [-0.15, -0.1) is 0 Å². The molecule has 0 aromatic carbocycles. The summed E-state index contributed by atoms with van der Waals surface area (Å²) >= 11 is 0. The van der Waals surface area contributed by atoms with Crippen LogP contribution in [0.5, 0.6) is 0 Å². The van der Waals surface area contributed by atoms with E-state index in [4.69, 9.17) is 9.47 Å². The second-order valence-electron chi connectivity index (χ2n) is 15.4. The van der Waals surface area contributed by atoms with Crippen molar-refractivity contribution in [3.8, 4) is 0 Å². The first kappa shape index (κ1) is 57.8. The first-order valence-electron chi connectivity index (χ1n) is 24.4. The summed E-state index contributed by atoms with van der Waals surface area (Å²) in [6.45, 7) is 3.86. The lowest BCUT2D eigenvalue weighted by molar-refractivity contribution is -0.161. The number of aliphatic hydroxyl groups is 1. The molecule has 0 aromatic heterocycles. The highest BCUT2D eigenvalue weighted by Crippen LogP contribution is 2.12. The highest BCUT2D eigenvalue weighted by molar-refractivity contribution is 5.70. The van der Waals surface area contributed by atoms with Gasteiger partial charge in [0, 0.05) is 12.8 Å². The van der Waals surface area contributed by atoms with E-state index < -0.39 is 6.10 Å². The minimum Gasteiger partial charge on any atom is -0.462 e. The molecule has 0 rings (SSSR count). The van der Waals surface area contributed by atoms with Gasteiger partial charge in [0.1, 0.15) is 6.61 Å². The van der Waals surface area contributed by atoms with Gasteiger partial charge in [0.15, 0.2) is 6.10 Å². The molecule has 62 heavy (non-hydrogen) atoms. The standard InChI is InChI=1S/C57H88O5/c1-3-5-7-9-11-13-15-17-19-21-22-23-24-25-26-27-28-29-30-31-32-33-34-36-38-40-42-44-46-48-50-52-57(60)62-55(53-58)54-61-56(59)51-49-47-45-43-41-39-37-35-20-18-16-14-12-10-8-6-4-2/h5-8,11-14,17-20,22-23,25-26,28-29,31-32,34,36,40,42,55,58H,3-4,9-10,15-16,21,24,27,30,33,35,37-39,41,43-54H2,1-2H3/b7-5-,8-6-,13-11-,14-12-,19-17-,20-18-,23-22-,26-25-,29-28-,32-31-,36-34-,42-40-. The Labute approximate surface area is 380 Å². The van der Waals surface area contributed by atoms with E-state index in [0.717, 1.165) is 128 Å². The molecule has 5 nitrogen and oxygen atoms in total. The quantitative estimate of drug-likeness (QED) is 0.0376. The highest BCUT2D eigenvalue weighted by Gasteiger charge is 2.16. The molecule has 1 unspecified atom stereocenters. The third kappa shape index (κ3) is 48.4. The van der Waals surface area contributed by atoms with Gasteiger partial charge in [-0.2, -0.15) is 0 Å². The molecule has 0 aliphatic rings. The fourth-order valence-corrected chi connectivity index (χ4v) is 6.03. The Morgan fingerprint density at radius 2 is 0.645 bits per heavy atom. The highest BCUT2D eigenvalue weighted by atomic mass is 16.6. The van der Waals surface area contributed by atoms with Crippen molar-refractivity contribution < 1.29 is 24.2 Å². The van der Waals surface area contributed by atoms with Crippen molar-refractivity contribution in [3.05, 3.63) is 146 Å². The number of rotatable bonds is 42. The van der Waals surface area contributed by atoms with E-state index in [0.29, 0.717) is 12.8 Å². The zero-order valence-corrected chi connectivity index (χ0v) is 39.3. The lowest BCUT2D eigenvalue weighted by Crippen LogP contribution is -2.28. The number of allylic oxidation sites excluding steroid dienone is 24. The van der Waals surface area contributed by atoms with Crippen molar-refractivity contribution in [2.75, 3.05) is 13.2 Å². The molecule has 0 fully saturated rings. The number of carbonyl (C=O) groups excluding carboxylic acids is 2. The van der Waals surface area contributed by atoms with Crippen LogP contribution >= 0.6 is 0 Å². The first-order chi connectivity index (χ1) is 30.6. The van der Waals surface area contributed by atoms with Gasteiger partial charge in [0.2, 0.25) is 0 Å². The van der Waals surface area contributed by atoms with Crippen molar-refractivity contribution in [3.63, 3.8) is 0 Å². The number of ether oxygens (including phenoxy) is 2. The molecule has 0 aromatic rings. The van der Waals surface area contributed by atoms with Crippen LogP contribution < -0.4 is 0 Å². The lowest BCUT2D eigenvalue weighted by Gasteiger charge is -2.15. The zero-order chi connectivity index (χ0) is 44.9. The Bertz CT molecular complexity index is 1380. The van der Waals surface area contributed by atoms with E-state index in [1.807, 2.05) is 0 Å². The summed E-state index contributed by atoms with van der Waals surface area (Å²) in [5.74, 6) is -0.655. The smallest absolute Gasteiger partial charge is 0.306 e. The van der Waals surface area contributed by atoms with E-state index in [-0.39, 0.29) is 25.2 Å². The van der Waals surface area contributed by atoms with E-state index in [1.54, 1.807) is 0 Å². The number of aliphatic hydroxyl groups excluding tert-OH is 1. The Morgan fingerprint density at radius 3 is 0.984 bits per heavy atom. The maximum Gasteiger partial charge on any atom is 0.306 e. The van der Waals surface area contributed by atoms with Gasteiger partial charge >= 0.3 is 11.9 Å². The van der Waals surface area contributed by atoms with Crippen LogP contribution in [0.1, 0.15) is 181 Å². The number of carbonyl (C=O) groups is 2. The Morgan fingerprint density at radius 1 is 0.371 bits per heavy atom. The molecule has 0 radical (unpaired) electrons. The Balaban J connectivity index is 3.70. The molecule has 0 aliphatic heterocycles. The fraction of sp³-hybridized carbons (Fsp3) is 0.544. The fourth-order valence-electron chi connectivity index (χ4n) is 6.03. The van der Waals surface area contributed by atoms with Crippen molar-refractivity contribution in [2.24, 2.45) is 0 Å². The van der Waals surface area contributed by atoms with Gasteiger partial charge in [-0.1, -0.05) is 198 Å². The molecule has 0 spiro atoms. The van der Waals surface area contributed by atoms with Gasteiger partial charge in [0.05, 0.1) is 6.61 Å². The molecule has 1 N–H and O–H groups in total. The van der Waals surface area contributed by atoms with Gasteiger partial charge in [-0.05, 0) is 116 Å². The molecule has 0 saturated heterocycles. The Hall–Kier alpha value is -4.22. The minimum atomic E-state index is -0.806. The maximum atomic E-state index is 12.2. The molecule has 346 valence electrons. The van der Waals surface area contributed by atoms with E-state index in [9.17, 15) is 14.7 Å². The summed E-state index contributed by atoms with van der Waals surface area (Å²) in [5, 5.41) is 9.61. The van der Waals surface area contributed by atoms with Crippen LogP contribution in [0.25, 0.3) is 0 Å². The van der Waals surface area contributed by atoms with Crippen LogP contribution in [0.15, 0.2) is 146 Å². The third-order valence-corrected chi connectivity index (χ3v) is 9.63. The molecule has 0 saturated carbocycles. The summed E-state index contributed by atoms with van der Waals surface area (Å²) in [5.41, 5.74) is 0. The van der Waals surface area contributed by atoms with Gasteiger partial charge in [0.25, 0.3) is 0 Å². The predicted octanol–water partition coefficient (Wildman–Crippen LogP) is 16.3. The summed E-state index contributed by atoms with van der Waals surface area (Å²) in [7, 11) is 0. The molecular formula is C57H88O5. The maximum absolute atomic E-state index is 12.2. The van der Waals surface area contributed by atoms with Crippen molar-refractivity contribution in [2.45, 2.75) is 187 Å². The first-order valence-corrected chi connectivity index (χ1v) is 24.4. The average Bonchev–Trinajstić information content (AvgIpc) is 3.28. The zero-order valence-electron chi connectivity index (χ0n) is 39.3. The van der Waals surface area contributed by atoms with Crippen molar-refractivity contribution in [1.29, 1.82) is 0 Å². The number of hydrogen-bond donors (Lipinski definition) is 1. The summed E-state index contributed by atoms with van der Waals surface area (Å²) in [6.07, 6.45) is 77.8. The molecule has 0 bridgehead atoms. The van der Waals surface area contributed by atoms with Crippen LogP contribution in [-0.4, -0.2) is 36.4 Å². The van der Waals surface area contributed by atoms with Crippen LogP contribution in [-0.2, 0) is 19.1 Å². The predicted molar refractivity (Wildman–Crippen MR) is 269 cm³/mol.